The molecule has 0 fully saturated rings. The van der Waals surface area contributed by atoms with Gasteiger partial charge in [0.1, 0.15) is 6.10 Å². The molecule has 0 spiro atoms. The lowest BCUT2D eigenvalue weighted by Gasteiger charge is -2.31. The number of allylic oxidation sites excluding steroid dienone is 2. The molecular formula is C12H20O2. The minimum Gasteiger partial charge on any atom is -0.462 e. The fourth-order valence-corrected chi connectivity index (χ4v) is 1.84. The summed E-state index contributed by atoms with van der Waals surface area (Å²) in [6.45, 7) is 7.96. The Morgan fingerprint density at radius 1 is 1.57 bits per heavy atom. The fourth-order valence-electron chi connectivity index (χ4n) is 1.84. The van der Waals surface area contributed by atoms with Crippen LogP contribution in [0.1, 0.15) is 47.0 Å². The van der Waals surface area contributed by atoms with Crippen molar-refractivity contribution in [2.75, 3.05) is 0 Å². The molecule has 0 amide bonds. The van der Waals surface area contributed by atoms with E-state index in [1.165, 1.54) is 12.5 Å². The Labute approximate surface area is 86.3 Å². The van der Waals surface area contributed by atoms with Gasteiger partial charge in [-0.05, 0) is 26.2 Å². The average molecular weight is 196 g/mol. The van der Waals surface area contributed by atoms with Gasteiger partial charge in [-0.15, -0.1) is 0 Å². The predicted octanol–water partition coefficient (Wildman–Crippen LogP) is 3.07. The quantitative estimate of drug-likeness (QED) is 0.476. The molecule has 80 valence electrons. The highest BCUT2D eigenvalue weighted by Gasteiger charge is 2.32. The van der Waals surface area contributed by atoms with Crippen LogP contribution in [0.15, 0.2) is 11.6 Å². The van der Waals surface area contributed by atoms with Crippen molar-refractivity contribution in [2.45, 2.75) is 53.1 Å². The molecule has 0 N–H and O–H groups in total. The van der Waals surface area contributed by atoms with Crippen LogP contribution in [0.3, 0.4) is 0 Å². The third-order valence-electron chi connectivity index (χ3n) is 2.96. The summed E-state index contributed by atoms with van der Waals surface area (Å²) in [7, 11) is 0. The van der Waals surface area contributed by atoms with E-state index in [1.807, 2.05) is 0 Å². The van der Waals surface area contributed by atoms with Gasteiger partial charge in [0.2, 0.25) is 0 Å². The minimum absolute atomic E-state index is 0.0636. The molecule has 0 saturated heterocycles. The van der Waals surface area contributed by atoms with E-state index in [4.69, 9.17) is 4.74 Å². The summed E-state index contributed by atoms with van der Waals surface area (Å²) < 4.78 is 5.36. The molecular weight excluding hydrogens is 176 g/mol. The van der Waals surface area contributed by atoms with E-state index >= 15 is 0 Å². The van der Waals surface area contributed by atoms with Gasteiger partial charge in [-0.25, -0.2) is 0 Å². The third-order valence-corrected chi connectivity index (χ3v) is 2.96. The van der Waals surface area contributed by atoms with E-state index in [0.29, 0.717) is 0 Å². The Morgan fingerprint density at radius 3 is 2.79 bits per heavy atom. The highest BCUT2D eigenvalue weighted by atomic mass is 16.5. The molecule has 1 aliphatic carbocycles. The fraction of sp³-hybridized carbons (Fsp3) is 0.750. The molecule has 0 aromatic rings. The molecule has 2 nitrogen and oxygen atoms in total. The van der Waals surface area contributed by atoms with E-state index < -0.39 is 0 Å². The van der Waals surface area contributed by atoms with Crippen molar-refractivity contribution < 1.29 is 9.53 Å². The number of esters is 1. The van der Waals surface area contributed by atoms with Crippen LogP contribution < -0.4 is 0 Å². The van der Waals surface area contributed by atoms with E-state index in [0.717, 1.165) is 19.3 Å². The number of hydrogen-bond donors (Lipinski definition) is 0. The van der Waals surface area contributed by atoms with Crippen LogP contribution in [0.5, 0.6) is 0 Å². The Balaban J connectivity index is 2.71. The van der Waals surface area contributed by atoms with Gasteiger partial charge >= 0.3 is 5.97 Å². The first-order valence-corrected chi connectivity index (χ1v) is 5.24. The number of hydrogen-bond acceptors (Lipinski definition) is 2. The van der Waals surface area contributed by atoms with Crippen LogP contribution in [-0.2, 0) is 9.53 Å². The predicted molar refractivity (Wildman–Crippen MR) is 56.9 cm³/mol. The third kappa shape index (κ3) is 2.86. The Hall–Kier alpha value is -0.790. The maximum Gasteiger partial charge on any atom is 0.302 e. The van der Waals surface area contributed by atoms with Gasteiger partial charge in [0, 0.05) is 12.3 Å². The smallest absolute Gasteiger partial charge is 0.302 e. The molecule has 1 aliphatic rings. The number of rotatable bonds is 1. The standard InChI is InChI=1S/C12H20O2/c1-9-5-6-11(14-10(2)13)12(3,4)8-7-9/h7,11H,5-6,8H2,1-4H3/t11-/m0/s1. The monoisotopic (exact) mass is 196 g/mol. The van der Waals surface area contributed by atoms with Crippen LogP contribution in [0.2, 0.25) is 0 Å². The Morgan fingerprint density at radius 2 is 2.21 bits per heavy atom. The Bertz CT molecular complexity index is 251. The number of ether oxygens (including phenoxy) is 1. The molecule has 14 heavy (non-hydrogen) atoms. The van der Waals surface area contributed by atoms with E-state index in [9.17, 15) is 4.79 Å². The van der Waals surface area contributed by atoms with Crippen LogP contribution in [0.25, 0.3) is 0 Å². The maximum absolute atomic E-state index is 11.0. The average Bonchev–Trinajstić information content (AvgIpc) is 2.17. The van der Waals surface area contributed by atoms with Gasteiger partial charge in [-0.2, -0.15) is 0 Å². The number of carbonyl (C=O) groups is 1. The molecule has 1 atom stereocenters. The van der Waals surface area contributed by atoms with Crippen molar-refractivity contribution in [2.24, 2.45) is 5.41 Å². The summed E-state index contributed by atoms with van der Waals surface area (Å²) in [5.41, 5.74) is 1.48. The van der Waals surface area contributed by atoms with Crippen molar-refractivity contribution in [1.82, 2.24) is 0 Å². The topological polar surface area (TPSA) is 26.3 Å². The molecule has 0 bridgehead atoms. The van der Waals surface area contributed by atoms with Crippen molar-refractivity contribution in [1.29, 1.82) is 0 Å². The van der Waals surface area contributed by atoms with Crippen molar-refractivity contribution in [3.05, 3.63) is 11.6 Å². The second-order valence-electron chi connectivity index (χ2n) is 4.88. The zero-order valence-electron chi connectivity index (χ0n) is 9.59. The molecule has 1 rings (SSSR count). The minimum atomic E-state index is -0.164. The molecule has 0 aromatic carbocycles. The largest absolute Gasteiger partial charge is 0.462 e. The van der Waals surface area contributed by atoms with Gasteiger partial charge in [-0.1, -0.05) is 25.5 Å². The molecule has 0 aromatic heterocycles. The van der Waals surface area contributed by atoms with Crippen LogP contribution in [0.4, 0.5) is 0 Å². The summed E-state index contributed by atoms with van der Waals surface area (Å²) in [5.74, 6) is -0.164. The summed E-state index contributed by atoms with van der Waals surface area (Å²) in [6.07, 6.45) is 5.32. The highest BCUT2D eigenvalue weighted by molar-refractivity contribution is 5.66. The summed E-state index contributed by atoms with van der Waals surface area (Å²) in [5, 5.41) is 0. The summed E-state index contributed by atoms with van der Waals surface area (Å²) in [4.78, 5) is 11.0. The van der Waals surface area contributed by atoms with E-state index in [2.05, 4.69) is 26.8 Å². The second kappa shape index (κ2) is 4.16. The highest BCUT2D eigenvalue weighted by Crippen LogP contribution is 2.35. The van der Waals surface area contributed by atoms with Gasteiger partial charge in [-0.3, -0.25) is 4.79 Å². The Kier molecular flexibility index (Phi) is 3.35. The van der Waals surface area contributed by atoms with Gasteiger partial charge < -0.3 is 4.74 Å². The number of carbonyl (C=O) groups excluding carboxylic acids is 1. The van der Waals surface area contributed by atoms with Crippen LogP contribution >= 0.6 is 0 Å². The van der Waals surface area contributed by atoms with Crippen molar-refractivity contribution in [3.63, 3.8) is 0 Å². The van der Waals surface area contributed by atoms with Gasteiger partial charge in [0.05, 0.1) is 0 Å². The molecule has 0 unspecified atom stereocenters. The lowest BCUT2D eigenvalue weighted by Crippen LogP contribution is -2.32. The first-order chi connectivity index (χ1) is 6.42. The molecule has 2 heteroatoms. The second-order valence-corrected chi connectivity index (χ2v) is 4.88. The first kappa shape index (κ1) is 11.3. The normalized spacial score (nSPS) is 26.3. The SMILES string of the molecule is CC(=O)O[C@H]1CCC(C)=CCC1(C)C. The van der Waals surface area contributed by atoms with Crippen molar-refractivity contribution in [3.8, 4) is 0 Å². The van der Waals surface area contributed by atoms with Crippen molar-refractivity contribution >= 4 is 5.97 Å². The zero-order chi connectivity index (χ0) is 10.8. The van der Waals surface area contributed by atoms with Gasteiger partial charge in [0.25, 0.3) is 0 Å². The van der Waals surface area contributed by atoms with E-state index in [-0.39, 0.29) is 17.5 Å². The molecule has 0 heterocycles. The molecule has 0 aliphatic heterocycles. The summed E-state index contributed by atoms with van der Waals surface area (Å²) >= 11 is 0. The van der Waals surface area contributed by atoms with Crippen LogP contribution in [-0.4, -0.2) is 12.1 Å². The summed E-state index contributed by atoms with van der Waals surface area (Å²) in [6, 6.07) is 0. The van der Waals surface area contributed by atoms with E-state index in [1.54, 1.807) is 0 Å². The lowest BCUT2D eigenvalue weighted by atomic mass is 9.82. The zero-order valence-corrected chi connectivity index (χ0v) is 9.59. The first-order valence-electron chi connectivity index (χ1n) is 5.24. The maximum atomic E-state index is 11.0. The molecule has 0 radical (unpaired) electrons. The molecule has 0 saturated carbocycles. The lowest BCUT2D eigenvalue weighted by molar-refractivity contribution is -0.152. The van der Waals surface area contributed by atoms with Gasteiger partial charge in [0.15, 0.2) is 0 Å². The van der Waals surface area contributed by atoms with Crippen LogP contribution in [0, 0.1) is 5.41 Å².